The fourth-order valence-electron chi connectivity index (χ4n) is 2.28. The molecular formula is C13H15FN2O6. The van der Waals surface area contributed by atoms with Crippen LogP contribution in [0.25, 0.3) is 0 Å². The van der Waals surface area contributed by atoms with E-state index >= 15 is 0 Å². The van der Waals surface area contributed by atoms with E-state index in [0.717, 1.165) is 10.6 Å². The van der Waals surface area contributed by atoms with Crippen molar-refractivity contribution in [3.8, 4) is 11.8 Å². The first kappa shape index (κ1) is 13.7. The Morgan fingerprint density at radius 3 is 2.86 bits per heavy atom. The lowest BCUT2D eigenvalue weighted by molar-refractivity contribution is -0.0775. The molecule has 0 amide bonds. The van der Waals surface area contributed by atoms with Crippen LogP contribution in [0.4, 0.5) is 4.39 Å². The molecule has 0 bridgehead atoms. The van der Waals surface area contributed by atoms with Crippen LogP contribution in [0.15, 0.2) is 15.7 Å². The maximum atomic E-state index is 12.4. The van der Waals surface area contributed by atoms with E-state index < -0.39 is 48.5 Å². The summed E-state index contributed by atoms with van der Waals surface area (Å²) in [5, 5.41) is 30.2. The molecule has 4 atom stereocenters. The summed E-state index contributed by atoms with van der Waals surface area (Å²) < 4.78 is 32.8. The minimum absolute atomic E-state index is 0.0144. The van der Waals surface area contributed by atoms with Crippen molar-refractivity contribution in [1.29, 1.82) is 0 Å². The molecule has 8 nitrogen and oxygen atoms in total. The van der Waals surface area contributed by atoms with Crippen LogP contribution in [0.5, 0.6) is 0 Å². The second-order valence-electron chi connectivity index (χ2n) is 4.69. The molecule has 0 aliphatic carbocycles. The van der Waals surface area contributed by atoms with E-state index in [0.29, 0.717) is 0 Å². The molecule has 4 N–H and O–H groups in total. The first-order chi connectivity index (χ1) is 11.0. The Hall–Kier alpha value is -1.99. The third-order valence-electron chi connectivity index (χ3n) is 3.28. The van der Waals surface area contributed by atoms with Crippen molar-refractivity contribution in [1.82, 2.24) is 9.55 Å². The van der Waals surface area contributed by atoms with Gasteiger partial charge in [-0.2, -0.15) is 0 Å². The molecular weight excluding hydrogens is 299 g/mol. The quantitative estimate of drug-likeness (QED) is 0.459. The molecule has 120 valence electrons. The average Bonchev–Trinajstić information content (AvgIpc) is 2.69. The Balaban J connectivity index is 2.66. The molecule has 0 spiro atoms. The van der Waals surface area contributed by atoms with Crippen molar-refractivity contribution in [2.24, 2.45) is 0 Å². The molecule has 1 fully saturated rings. The van der Waals surface area contributed by atoms with Crippen LogP contribution < -0.4 is 11.2 Å². The number of alkyl halides is 1. The molecule has 2 heterocycles. The van der Waals surface area contributed by atoms with Crippen LogP contribution in [-0.2, 0) is 4.74 Å². The van der Waals surface area contributed by atoms with Crippen LogP contribution in [0, 0.1) is 18.8 Å². The lowest BCUT2D eigenvalue weighted by Crippen LogP contribution is -2.49. The molecule has 22 heavy (non-hydrogen) atoms. The largest absolute Gasteiger partial charge is 0.394 e. The second kappa shape index (κ2) is 6.02. The first-order valence-electron chi connectivity index (χ1n) is 7.19. The zero-order valence-electron chi connectivity index (χ0n) is 13.4. The topological polar surface area (TPSA) is 125 Å². The third kappa shape index (κ3) is 2.57. The first-order valence-corrected chi connectivity index (χ1v) is 6.19. The summed E-state index contributed by atoms with van der Waals surface area (Å²) in [4.78, 5) is 25.2. The Bertz CT molecular complexity index is 808. The van der Waals surface area contributed by atoms with Crippen molar-refractivity contribution in [3.63, 3.8) is 0 Å². The van der Waals surface area contributed by atoms with Crippen molar-refractivity contribution >= 4 is 0 Å². The van der Waals surface area contributed by atoms with E-state index in [-0.39, 0.29) is 5.69 Å². The predicted octanol–water partition coefficient (Wildman–Crippen LogP) is -2.20. The molecule has 0 aromatic carbocycles. The number of hydrogen-bond donors (Lipinski definition) is 4. The van der Waals surface area contributed by atoms with Crippen LogP contribution in [0.3, 0.4) is 0 Å². The summed E-state index contributed by atoms with van der Waals surface area (Å²) in [6.45, 7) is -2.94. The fraction of sp³-hybridized carbons (Fsp3) is 0.538. The SMILES string of the molecule is [2H]C([2H])(O)[C@H]1O[C@@H](n2c(C)cc(=O)[nH]c2=O)C(O)(C#CCF)[C@H]1O. The number of rotatable bonds is 2. The van der Waals surface area contributed by atoms with Crippen molar-refractivity contribution in [2.45, 2.75) is 31.0 Å². The number of halogens is 1. The molecule has 9 heteroatoms. The molecule has 1 aromatic heterocycles. The summed E-state index contributed by atoms with van der Waals surface area (Å²) >= 11 is 0. The Morgan fingerprint density at radius 1 is 1.64 bits per heavy atom. The normalized spacial score (nSPS) is 32.9. The standard InChI is InChI=1S/C13H15FN2O6/c1-7-5-9(18)15-12(20)16(7)11-13(21,3-2-4-14)10(19)8(6-17)22-11/h5,8,10-11,17,19,21H,4,6H2,1H3,(H,15,18,20)/t8-,10+,11-,13?/m1/s1/i6D2. The number of ether oxygens (including phenoxy) is 1. The van der Waals surface area contributed by atoms with Crippen LogP contribution in [0.1, 0.15) is 14.7 Å². The van der Waals surface area contributed by atoms with Crippen molar-refractivity contribution in [2.75, 3.05) is 13.2 Å². The summed E-state index contributed by atoms with van der Waals surface area (Å²) in [7, 11) is 0. The summed E-state index contributed by atoms with van der Waals surface area (Å²) in [5.41, 5.74) is -4.32. The van der Waals surface area contributed by atoms with Gasteiger partial charge in [0.15, 0.2) is 11.8 Å². The van der Waals surface area contributed by atoms with Gasteiger partial charge in [0.05, 0.1) is 9.30 Å². The van der Waals surface area contributed by atoms with E-state index in [9.17, 15) is 29.3 Å². The zero-order chi connectivity index (χ0) is 18.3. The number of H-pyrrole nitrogens is 1. The van der Waals surface area contributed by atoms with Gasteiger partial charge in [0.1, 0.15) is 18.9 Å². The van der Waals surface area contributed by atoms with E-state index in [2.05, 4.69) is 0 Å². The Kier molecular flexibility index (Phi) is 3.74. The smallest absolute Gasteiger partial charge is 0.330 e. The van der Waals surface area contributed by atoms with Gasteiger partial charge in [0.25, 0.3) is 5.56 Å². The highest BCUT2D eigenvalue weighted by molar-refractivity contribution is 5.23. The number of aromatic nitrogens is 2. The number of aliphatic hydroxyl groups is 3. The molecule has 0 saturated carbocycles. The van der Waals surface area contributed by atoms with Gasteiger partial charge in [0, 0.05) is 11.8 Å². The monoisotopic (exact) mass is 316 g/mol. The van der Waals surface area contributed by atoms with E-state index in [1.165, 1.54) is 6.92 Å². The highest BCUT2D eigenvalue weighted by atomic mass is 19.1. The van der Waals surface area contributed by atoms with Crippen molar-refractivity contribution in [3.05, 3.63) is 32.6 Å². The number of aromatic amines is 1. The summed E-state index contributed by atoms with van der Waals surface area (Å²) in [5.74, 6) is 3.89. The van der Waals surface area contributed by atoms with Gasteiger partial charge in [-0.3, -0.25) is 14.3 Å². The Labute approximate surface area is 126 Å². The maximum Gasteiger partial charge on any atom is 0.330 e. The minimum atomic E-state index is -3.08. The molecule has 1 aliphatic rings. The number of aryl methyl sites for hydroxylation is 1. The van der Waals surface area contributed by atoms with Gasteiger partial charge in [-0.1, -0.05) is 11.8 Å². The molecule has 0 radical (unpaired) electrons. The summed E-state index contributed by atoms with van der Waals surface area (Å²) in [6.07, 6.45) is -5.86. The van der Waals surface area contributed by atoms with Crippen molar-refractivity contribution < 1.29 is 27.2 Å². The molecule has 1 aromatic rings. The number of nitrogens with one attached hydrogen (secondary N) is 1. The summed E-state index contributed by atoms with van der Waals surface area (Å²) in [6, 6.07) is 1.00. The Morgan fingerprint density at radius 2 is 2.32 bits per heavy atom. The molecule has 1 unspecified atom stereocenters. The lowest BCUT2D eigenvalue weighted by atomic mass is 9.94. The van der Waals surface area contributed by atoms with Gasteiger partial charge in [0.2, 0.25) is 0 Å². The maximum absolute atomic E-state index is 12.4. The highest BCUT2D eigenvalue weighted by Gasteiger charge is 2.56. The van der Waals surface area contributed by atoms with Gasteiger partial charge in [-0.15, -0.1) is 0 Å². The fourth-order valence-corrected chi connectivity index (χ4v) is 2.28. The van der Waals surface area contributed by atoms with E-state index in [1.807, 2.05) is 16.8 Å². The molecule has 1 aliphatic heterocycles. The highest BCUT2D eigenvalue weighted by Crippen LogP contribution is 2.37. The number of nitrogens with zero attached hydrogens (tertiary/aromatic N) is 1. The number of aliphatic hydroxyl groups excluding tert-OH is 1. The minimum Gasteiger partial charge on any atom is -0.394 e. The molecule has 1 saturated heterocycles. The van der Waals surface area contributed by atoms with Crippen LogP contribution in [0.2, 0.25) is 0 Å². The van der Waals surface area contributed by atoms with Crippen LogP contribution in [-0.4, -0.2) is 55.9 Å². The predicted molar refractivity (Wildman–Crippen MR) is 71.8 cm³/mol. The van der Waals surface area contributed by atoms with Gasteiger partial charge in [-0.05, 0) is 6.92 Å². The van der Waals surface area contributed by atoms with Crippen LogP contribution >= 0.6 is 0 Å². The van der Waals surface area contributed by atoms with E-state index in [1.54, 1.807) is 0 Å². The zero-order valence-corrected chi connectivity index (χ0v) is 11.4. The average molecular weight is 316 g/mol. The van der Waals surface area contributed by atoms with Gasteiger partial charge >= 0.3 is 5.69 Å². The molecule has 2 rings (SSSR count). The van der Waals surface area contributed by atoms with E-state index in [4.69, 9.17) is 7.48 Å². The number of hydrogen-bond acceptors (Lipinski definition) is 6. The second-order valence-corrected chi connectivity index (χ2v) is 4.69. The van der Waals surface area contributed by atoms with Gasteiger partial charge in [-0.25, -0.2) is 9.18 Å². The van der Waals surface area contributed by atoms with Gasteiger partial charge < -0.3 is 20.1 Å². The lowest BCUT2D eigenvalue weighted by Gasteiger charge is -2.27. The third-order valence-corrected chi connectivity index (χ3v) is 3.28.